The molecule has 0 aromatic rings. The molecule has 11 nitrogen and oxygen atoms in total. The number of ether oxygens (including phenoxy) is 5. The van der Waals surface area contributed by atoms with Gasteiger partial charge in [-0.25, -0.2) is 0 Å². The first-order valence-electron chi connectivity index (χ1n) is 13.9. The van der Waals surface area contributed by atoms with Gasteiger partial charge in [-0.3, -0.25) is 24.0 Å². The fourth-order valence-electron chi connectivity index (χ4n) is 4.99. The maximum Gasteiger partial charge on any atom is 0.323 e. The lowest BCUT2D eigenvalue weighted by Gasteiger charge is -2.40. The van der Waals surface area contributed by atoms with Crippen molar-refractivity contribution in [1.82, 2.24) is 0 Å². The molecular weight excluding hydrogens is 576 g/mol. The summed E-state index contributed by atoms with van der Waals surface area (Å²) in [6.07, 6.45) is 4.76. The van der Waals surface area contributed by atoms with Crippen molar-refractivity contribution < 1.29 is 52.1 Å². The maximum atomic E-state index is 13.1. The van der Waals surface area contributed by atoms with Crippen molar-refractivity contribution >= 4 is 38.2 Å². The molecule has 0 radical (unpaired) electrons. The van der Waals surface area contributed by atoms with Crippen LogP contribution in [-0.4, -0.2) is 79.3 Å². The minimum atomic E-state index is -2.32. The molecule has 12 heteroatoms. The molecule has 2 atom stereocenters. The zero-order chi connectivity index (χ0) is 33.4. The largest absolute Gasteiger partial charge is 0.468 e. The highest BCUT2D eigenvalue weighted by Gasteiger charge is 2.73. The molecular formula is C31H48O11Si. The van der Waals surface area contributed by atoms with Gasteiger partial charge in [0.25, 0.3) is 0 Å². The predicted octanol–water partition coefficient (Wildman–Crippen LogP) is 4.46. The Labute approximate surface area is 256 Å². The second-order valence-electron chi connectivity index (χ2n) is 12.4. The van der Waals surface area contributed by atoms with Gasteiger partial charge in [0.1, 0.15) is 5.41 Å². The predicted molar refractivity (Wildman–Crippen MR) is 161 cm³/mol. The van der Waals surface area contributed by atoms with Gasteiger partial charge in [0.2, 0.25) is 0 Å². The molecule has 0 aliphatic heterocycles. The van der Waals surface area contributed by atoms with Gasteiger partial charge in [-0.1, -0.05) is 51.2 Å². The van der Waals surface area contributed by atoms with Gasteiger partial charge < -0.3 is 28.1 Å². The van der Waals surface area contributed by atoms with Crippen molar-refractivity contribution in [3.05, 3.63) is 37.0 Å². The molecule has 1 saturated carbocycles. The van der Waals surface area contributed by atoms with E-state index in [4.69, 9.17) is 28.1 Å². The number of carbonyl (C=O) groups is 5. The third kappa shape index (κ3) is 7.83. The number of esters is 5. The summed E-state index contributed by atoms with van der Waals surface area (Å²) in [5.41, 5.74) is -3.64. The number of hydrogen-bond donors (Lipinski definition) is 0. The third-order valence-electron chi connectivity index (χ3n) is 8.67. The second kappa shape index (κ2) is 14.5. The van der Waals surface area contributed by atoms with E-state index in [2.05, 4.69) is 47.0 Å². The van der Waals surface area contributed by atoms with Crippen LogP contribution in [0.1, 0.15) is 52.9 Å². The molecule has 1 aliphatic carbocycles. The Hall–Kier alpha value is -3.25. The Morgan fingerprint density at radius 2 is 1.37 bits per heavy atom. The Morgan fingerprint density at radius 1 is 0.860 bits per heavy atom. The SMILES string of the molecule is C=CC1(O[Si](C)(C)C(C)(C)C)CC1(C/C=C/CC(CC(=C)CC(C(=O)OC)C(=O)OC)(C(=O)OC)C(=O)OC)C(=O)OC. The first-order chi connectivity index (χ1) is 19.8. The van der Waals surface area contributed by atoms with Gasteiger partial charge in [-0.2, -0.15) is 0 Å². The molecule has 0 heterocycles. The van der Waals surface area contributed by atoms with Crippen LogP contribution in [-0.2, 0) is 52.1 Å². The van der Waals surface area contributed by atoms with Crippen LogP contribution in [0.5, 0.6) is 0 Å². The molecule has 0 aromatic heterocycles. The highest BCUT2D eigenvalue weighted by Crippen LogP contribution is 2.65. The van der Waals surface area contributed by atoms with E-state index in [1.54, 1.807) is 18.2 Å². The summed E-state index contributed by atoms with van der Waals surface area (Å²) < 4.78 is 31.2. The summed E-state index contributed by atoms with van der Waals surface area (Å²) in [5, 5.41) is -0.118. The van der Waals surface area contributed by atoms with Gasteiger partial charge in [-0.05, 0) is 50.2 Å². The molecule has 2 unspecified atom stereocenters. The van der Waals surface area contributed by atoms with Crippen LogP contribution < -0.4 is 0 Å². The standard InChI is InChI=1S/C31H48O11Si/c1-13-31(42-43(11,12)28(3,4)5)20-30(31,27(36)41-10)17-15-14-16-29(25(34)39-8,26(35)40-9)19-21(2)18-22(23(32)37-6)24(33)38-7/h13-15,22H,1-2,16-20H2,3-12H3/b15-14+. The summed E-state index contributed by atoms with van der Waals surface area (Å²) >= 11 is 0. The molecule has 0 saturated heterocycles. The van der Waals surface area contributed by atoms with Gasteiger partial charge in [0.05, 0.1) is 41.2 Å². The Balaban J connectivity index is 3.38. The normalized spacial score (nSPS) is 20.3. The number of allylic oxidation sites excluding steroid dienone is 3. The second-order valence-corrected chi connectivity index (χ2v) is 17.1. The molecule has 0 spiro atoms. The lowest BCUT2D eigenvalue weighted by molar-refractivity contribution is -0.169. The summed E-state index contributed by atoms with van der Waals surface area (Å²) in [7, 11) is 3.50. The zero-order valence-corrected chi connectivity index (χ0v) is 28.2. The van der Waals surface area contributed by atoms with Crippen LogP contribution in [0.15, 0.2) is 37.0 Å². The zero-order valence-electron chi connectivity index (χ0n) is 27.2. The minimum Gasteiger partial charge on any atom is -0.468 e. The molecule has 0 amide bonds. The fourth-order valence-corrected chi connectivity index (χ4v) is 6.55. The Bertz CT molecular complexity index is 1100. The number of carbonyl (C=O) groups excluding carboxylic acids is 5. The van der Waals surface area contributed by atoms with Crippen LogP contribution in [0.25, 0.3) is 0 Å². The highest BCUT2D eigenvalue weighted by molar-refractivity contribution is 6.74. The number of methoxy groups -OCH3 is 5. The first kappa shape index (κ1) is 37.8. The van der Waals surface area contributed by atoms with Crippen molar-refractivity contribution in [2.45, 2.75) is 76.6 Å². The van der Waals surface area contributed by atoms with Crippen molar-refractivity contribution in [3.63, 3.8) is 0 Å². The number of hydrogen-bond acceptors (Lipinski definition) is 11. The summed E-state index contributed by atoms with van der Waals surface area (Å²) in [4.78, 5) is 63.7. The van der Waals surface area contributed by atoms with E-state index in [0.717, 1.165) is 28.4 Å². The molecule has 0 N–H and O–H groups in total. The fraction of sp³-hybridized carbons (Fsp3) is 0.645. The highest BCUT2D eigenvalue weighted by atomic mass is 28.4. The monoisotopic (exact) mass is 624 g/mol. The van der Waals surface area contributed by atoms with E-state index < -0.39 is 60.5 Å². The molecule has 1 aliphatic rings. The average Bonchev–Trinajstić information content (AvgIpc) is 3.61. The van der Waals surface area contributed by atoms with Crippen LogP contribution in [0.2, 0.25) is 18.1 Å². The van der Waals surface area contributed by atoms with Crippen molar-refractivity contribution in [2.24, 2.45) is 16.7 Å². The average molecular weight is 625 g/mol. The molecule has 1 fully saturated rings. The van der Waals surface area contributed by atoms with Crippen LogP contribution in [0.4, 0.5) is 0 Å². The summed E-state index contributed by atoms with van der Waals surface area (Å²) in [6, 6.07) is 0. The molecule has 0 aromatic carbocycles. The van der Waals surface area contributed by atoms with Gasteiger partial charge in [-0.15, -0.1) is 6.58 Å². The Kier molecular flexibility index (Phi) is 12.7. The molecule has 1 rings (SSSR count). The van der Waals surface area contributed by atoms with Crippen LogP contribution in [0.3, 0.4) is 0 Å². The van der Waals surface area contributed by atoms with E-state index in [9.17, 15) is 24.0 Å². The molecule has 43 heavy (non-hydrogen) atoms. The van der Waals surface area contributed by atoms with E-state index >= 15 is 0 Å². The lowest BCUT2D eigenvalue weighted by Crippen LogP contribution is -2.46. The van der Waals surface area contributed by atoms with E-state index in [0.29, 0.717) is 6.42 Å². The van der Waals surface area contributed by atoms with E-state index in [1.165, 1.54) is 7.11 Å². The maximum absolute atomic E-state index is 13.1. The van der Waals surface area contributed by atoms with Crippen LogP contribution in [0, 0.1) is 16.7 Å². The topological polar surface area (TPSA) is 141 Å². The first-order valence-corrected chi connectivity index (χ1v) is 16.8. The smallest absolute Gasteiger partial charge is 0.323 e. The van der Waals surface area contributed by atoms with Gasteiger partial charge in [0.15, 0.2) is 19.7 Å². The van der Waals surface area contributed by atoms with E-state index in [-0.39, 0.29) is 36.3 Å². The van der Waals surface area contributed by atoms with Gasteiger partial charge in [0, 0.05) is 0 Å². The van der Waals surface area contributed by atoms with Crippen LogP contribution >= 0.6 is 0 Å². The van der Waals surface area contributed by atoms with E-state index in [1.807, 2.05) is 0 Å². The minimum absolute atomic E-state index is 0.118. The molecule has 242 valence electrons. The molecule has 0 bridgehead atoms. The van der Waals surface area contributed by atoms with Gasteiger partial charge >= 0.3 is 29.8 Å². The van der Waals surface area contributed by atoms with Crippen molar-refractivity contribution in [3.8, 4) is 0 Å². The third-order valence-corrected chi connectivity index (χ3v) is 13.2. The Morgan fingerprint density at radius 3 is 1.77 bits per heavy atom. The van der Waals surface area contributed by atoms with Crippen molar-refractivity contribution in [1.29, 1.82) is 0 Å². The quantitative estimate of drug-likeness (QED) is 0.0790. The summed E-state index contributed by atoms with van der Waals surface area (Å²) in [5.74, 6) is -5.28. The lowest BCUT2D eigenvalue weighted by atomic mass is 9.76. The number of rotatable bonds is 16. The van der Waals surface area contributed by atoms with Crippen molar-refractivity contribution in [2.75, 3.05) is 35.5 Å². The summed E-state index contributed by atoms with van der Waals surface area (Å²) in [6.45, 7) is 18.4.